The fourth-order valence-corrected chi connectivity index (χ4v) is 1.74. The Morgan fingerprint density at radius 3 is 2.83 bits per heavy atom. The van der Waals surface area contributed by atoms with E-state index in [-0.39, 0.29) is 0 Å². The van der Waals surface area contributed by atoms with Gasteiger partial charge in [0, 0.05) is 4.88 Å². The maximum atomic E-state index is 10.8. The summed E-state index contributed by atoms with van der Waals surface area (Å²) in [5, 5.41) is 9.28. The molecule has 1 N–H and O–H groups in total. The van der Waals surface area contributed by atoms with Gasteiger partial charge in [0.15, 0.2) is 6.10 Å². The zero-order chi connectivity index (χ0) is 9.14. The van der Waals surface area contributed by atoms with Gasteiger partial charge in [-0.25, -0.2) is 4.79 Å². The minimum atomic E-state index is -1.22. The second kappa shape index (κ2) is 3.89. The molecular weight excluding hydrogens is 200 g/mol. The van der Waals surface area contributed by atoms with Gasteiger partial charge in [-0.2, -0.15) is 0 Å². The monoisotopic (exact) mass is 206 g/mol. The van der Waals surface area contributed by atoms with Gasteiger partial charge in [-0.3, -0.25) is 0 Å². The predicted molar refractivity (Wildman–Crippen MR) is 46.3 cm³/mol. The van der Waals surface area contributed by atoms with Crippen molar-refractivity contribution in [3.8, 4) is 0 Å². The molecule has 1 atom stereocenters. The number of aliphatic hydroxyl groups excluding tert-OH is 1. The van der Waals surface area contributed by atoms with Gasteiger partial charge in [0.1, 0.15) is 0 Å². The molecule has 0 saturated carbocycles. The van der Waals surface area contributed by atoms with Crippen molar-refractivity contribution < 1.29 is 14.6 Å². The topological polar surface area (TPSA) is 46.5 Å². The highest BCUT2D eigenvalue weighted by Crippen LogP contribution is 2.27. The molecule has 1 unspecified atom stereocenters. The van der Waals surface area contributed by atoms with E-state index in [1.807, 2.05) is 0 Å². The van der Waals surface area contributed by atoms with E-state index in [0.717, 1.165) is 11.3 Å². The number of hydrogen-bond donors (Lipinski definition) is 1. The van der Waals surface area contributed by atoms with Crippen LogP contribution in [0.2, 0.25) is 4.34 Å². The molecule has 0 fully saturated rings. The summed E-state index contributed by atoms with van der Waals surface area (Å²) in [4.78, 5) is 11.3. The number of thiophene rings is 1. The third-order valence-corrected chi connectivity index (χ3v) is 2.57. The Bertz CT molecular complexity index is 284. The van der Waals surface area contributed by atoms with Crippen LogP contribution < -0.4 is 0 Å². The summed E-state index contributed by atoms with van der Waals surface area (Å²) in [5.74, 6) is -0.673. The summed E-state index contributed by atoms with van der Waals surface area (Å²) in [6.45, 7) is 0. The fourth-order valence-electron chi connectivity index (χ4n) is 0.703. The predicted octanol–water partition coefficient (Wildman–Crippen LogP) is 1.61. The van der Waals surface area contributed by atoms with Crippen LogP contribution in [-0.4, -0.2) is 18.2 Å². The van der Waals surface area contributed by atoms with E-state index in [4.69, 9.17) is 11.6 Å². The lowest BCUT2D eigenvalue weighted by atomic mass is 10.3. The lowest BCUT2D eigenvalue weighted by molar-refractivity contribution is -0.150. The highest BCUT2D eigenvalue weighted by molar-refractivity contribution is 7.16. The molecule has 0 aromatic carbocycles. The molecule has 0 spiro atoms. The van der Waals surface area contributed by atoms with Crippen LogP contribution in [0, 0.1) is 0 Å². The lowest BCUT2D eigenvalue weighted by Crippen LogP contribution is -2.11. The van der Waals surface area contributed by atoms with E-state index in [1.54, 1.807) is 12.1 Å². The van der Waals surface area contributed by atoms with Crippen LogP contribution in [0.1, 0.15) is 11.0 Å². The molecule has 1 heterocycles. The van der Waals surface area contributed by atoms with Crippen molar-refractivity contribution in [1.29, 1.82) is 0 Å². The summed E-state index contributed by atoms with van der Waals surface area (Å²) in [5.41, 5.74) is 0. The zero-order valence-electron chi connectivity index (χ0n) is 6.28. The third kappa shape index (κ3) is 1.97. The third-order valence-electron chi connectivity index (χ3n) is 1.29. The van der Waals surface area contributed by atoms with E-state index in [9.17, 15) is 9.90 Å². The van der Waals surface area contributed by atoms with Crippen molar-refractivity contribution in [2.45, 2.75) is 6.10 Å². The Morgan fingerprint density at radius 2 is 2.42 bits per heavy atom. The molecule has 0 aliphatic carbocycles. The van der Waals surface area contributed by atoms with Crippen LogP contribution in [0.15, 0.2) is 12.1 Å². The first-order chi connectivity index (χ1) is 5.65. The minimum absolute atomic E-state index is 0.492. The van der Waals surface area contributed by atoms with Gasteiger partial charge in [-0.05, 0) is 12.1 Å². The molecule has 1 aromatic rings. The van der Waals surface area contributed by atoms with E-state index < -0.39 is 12.1 Å². The SMILES string of the molecule is COC(=O)C(O)c1ccc(Cl)s1. The Hall–Kier alpha value is -0.580. The van der Waals surface area contributed by atoms with Gasteiger partial charge in [-0.15, -0.1) is 11.3 Å². The molecule has 0 bridgehead atoms. The standard InChI is InChI=1S/C7H7ClO3S/c1-11-7(10)6(9)4-2-3-5(8)12-4/h2-3,6,9H,1H3. The average molecular weight is 207 g/mol. The highest BCUT2D eigenvalue weighted by Gasteiger charge is 2.19. The Balaban J connectivity index is 2.77. The van der Waals surface area contributed by atoms with E-state index >= 15 is 0 Å². The highest BCUT2D eigenvalue weighted by atomic mass is 35.5. The Kier molecular flexibility index (Phi) is 3.08. The number of ether oxygens (including phenoxy) is 1. The van der Waals surface area contributed by atoms with Crippen molar-refractivity contribution >= 4 is 28.9 Å². The zero-order valence-corrected chi connectivity index (χ0v) is 7.85. The molecule has 0 aliphatic rings. The van der Waals surface area contributed by atoms with Crippen LogP contribution in [0.3, 0.4) is 0 Å². The second-order valence-corrected chi connectivity index (χ2v) is 3.81. The Morgan fingerprint density at radius 1 is 1.75 bits per heavy atom. The van der Waals surface area contributed by atoms with Gasteiger partial charge >= 0.3 is 5.97 Å². The van der Waals surface area contributed by atoms with E-state index in [2.05, 4.69) is 4.74 Å². The van der Waals surface area contributed by atoms with Crippen molar-refractivity contribution in [3.63, 3.8) is 0 Å². The number of halogens is 1. The summed E-state index contributed by atoms with van der Waals surface area (Å²) in [6, 6.07) is 3.21. The maximum absolute atomic E-state index is 10.8. The number of carbonyl (C=O) groups excluding carboxylic acids is 1. The van der Waals surface area contributed by atoms with Crippen LogP contribution in [0.5, 0.6) is 0 Å². The van der Waals surface area contributed by atoms with Crippen molar-refractivity contribution in [3.05, 3.63) is 21.3 Å². The summed E-state index contributed by atoms with van der Waals surface area (Å²) in [7, 11) is 1.22. The molecule has 0 aliphatic heterocycles. The van der Waals surface area contributed by atoms with Gasteiger partial charge < -0.3 is 9.84 Å². The second-order valence-electron chi connectivity index (χ2n) is 2.07. The van der Waals surface area contributed by atoms with Gasteiger partial charge in [0.05, 0.1) is 11.4 Å². The molecule has 1 rings (SSSR count). The smallest absolute Gasteiger partial charge is 0.340 e. The molecule has 0 radical (unpaired) electrons. The molecule has 0 saturated heterocycles. The summed E-state index contributed by atoms with van der Waals surface area (Å²) >= 11 is 6.76. The molecule has 3 nitrogen and oxygen atoms in total. The van der Waals surface area contributed by atoms with Crippen molar-refractivity contribution in [2.24, 2.45) is 0 Å². The molecule has 0 amide bonds. The van der Waals surface area contributed by atoms with Crippen LogP contribution in [0.25, 0.3) is 0 Å². The van der Waals surface area contributed by atoms with Crippen LogP contribution in [0.4, 0.5) is 0 Å². The molecular formula is C7H7ClO3S. The Labute approximate surface area is 78.5 Å². The number of rotatable bonds is 2. The molecule has 1 aromatic heterocycles. The quantitative estimate of drug-likeness (QED) is 0.748. The first-order valence-corrected chi connectivity index (χ1v) is 4.35. The number of methoxy groups -OCH3 is 1. The molecule has 5 heteroatoms. The number of esters is 1. The largest absolute Gasteiger partial charge is 0.467 e. The first kappa shape index (κ1) is 9.51. The number of carbonyl (C=O) groups is 1. The van der Waals surface area contributed by atoms with Crippen molar-refractivity contribution in [2.75, 3.05) is 7.11 Å². The van der Waals surface area contributed by atoms with Crippen LogP contribution >= 0.6 is 22.9 Å². The van der Waals surface area contributed by atoms with E-state index in [0.29, 0.717) is 9.21 Å². The summed E-state index contributed by atoms with van der Waals surface area (Å²) in [6.07, 6.45) is -1.22. The lowest BCUT2D eigenvalue weighted by Gasteiger charge is -2.03. The van der Waals surface area contributed by atoms with Crippen molar-refractivity contribution in [1.82, 2.24) is 0 Å². The maximum Gasteiger partial charge on any atom is 0.340 e. The molecule has 12 heavy (non-hydrogen) atoms. The number of aliphatic hydroxyl groups is 1. The summed E-state index contributed by atoms with van der Waals surface area (Å²) < 4.78 is 4.89. The average Bonchev–Trinajstić information content (AvgIpc) is 2.49. The van der Waals surface area contributed by atoms with Gasteiger partial charge in [0.2, 0.25) is 0 Å². The number of hydrogen-bond acceptors (Lipinski definition) is 4. The van der Waals surface area contributed by atoms with Crippen LogP contribution in [-0.2, 0) is 9.53 Å². The molecule has 66 valence electrons. The van der Waals surface area contributed by atoms with E-state index in [1.165, 1.54) is 7.11 Å². The minimum Gasteiger partial charge on any atom is -0.467 e. The first-order valence-electron chi connectivity index (χ1n) is 3.16. The normalized spacial score (nSPS) is 12.6. The van der Waals surface area contributed by atoms with Gasteiger partial charge in [0.25, 0.3) is 0 Å². The fraction of sp³-hybridized carbons (Fsp3) is 0.286. The van der Waals surface area contributed by atoms with Gasteiger partial charge in [-0.1, -0.05) is 11.6 Å².